The molecule has 1 aromatic carbocycles. The number of aromatic nitrogens is 2. The molecular weight excluding hydrogens is 314 g/mol. The number of hydrogen-bond acceptors (Lipinski definition) is 4. The van der Waals surface area contributed by atoms with Crippen LogP contribution in [0.3, 0.4) is 0 Å². The molecule has 2 aromatic rings. The van der Waals surface area contributed by atoms with Gasteiger partial charge in [0.05, 0.1) is 11.3 Å². The zero-order valence-corrected chi connectivity index (χ0v) is 11.6. The highest BCUT2D eigenvalue weighted by molar-refractivity contribution is 9.10. The van der Waals surface area contributed by atoms with Gasteiger partial charge < -0.3 is 10.1 Å². The van der Waals surface area contributed by atoms with Gasteiger partial charge in [-0.2, -0.15) is 4.68 Å². The standard InChI is InChI=1S/C12H10BrN3O3/c1-8-2-4-9(5-3-8)11(17)7-15-6-10(13)12(14-15)16(18)19/h2-6H,7H2,1H3. The Morgan fingerprint density at radius 1 is 1.42 bits per heavy atom. The predicted octanol–water partition coefficient (Wildman–Crippen LogP) is 2.75. The molecule has 0 saturated heterocycles. The fourth-order valence-corrected chi connectivity index (χ4v) is 2.03. The summed E-state index contributed by atoms with van der Waals surface area (Å²) in [4.78, 5) is 22.0. The van der Waals surface area contributed by atoms with Crippen LogP contribution >= 0.6 is 15.9 Å². The molecule has 0 spiro atoms. The van der Waals surface area contributed by atoms with E-state index in [9.17, 15) is 14.9 Å². The molecule has 98 valence electrons. The third-order valence-electron chi connectivity index (χ3n) is 2.55. The van der Waals surface area contributed by atoms with Crippen molar-refractivity contribution >= 4 is 27.5 Å². The quantitative estimate of drug-likeness (QED) is 0.492. The highest BCUT2D eigenvalue weighted by Crippen LogP contribution is 2.22. The zero-order chi connectivity index (χ0) is 14.0. The fraction of sp³-hybridized carbons (Fsp3) is 0.167. The van der Waals surface area contributed by atoms with Crippen LogP contribution in [-0.4, -0.2) is 20.5 Å². The second kappa shape index (κ2) is 5.31. The minimum absolute atomic E-state index is 0.0322. The van der Waals surface area contributed by atoms with Crippen molar-refractivity contribution in [3.8, 4) is 0 Å². The van der Waals surface area contributed by atoms with Crippen molar-refractivity contribution in [2.24, 2.45) is 0 Å². The molecule has 0 radical (unpaired) electrons. The van der Waals surface area contributed by atoms with Crippen molar-refractivity contribution < 1.29 is 9.72 Å². The summed E-state index contributed by atoms with van der Waals surface area (Å²) in [6.45, 7) is 1.90. The number of hydrogen-bond donors (Lipinski definition) is 0. The summed E-state index contributed by atoms with van der Waals surface area (Å²) < 4.78 is 1.51. The molecule has 0 fully saturated rings. The average Bonchev–Trinajstić information content (AvgIpc) is 2.71. The molecule has 0 atom stereocenters. The highest BCUT2D eigenvalue weighted by atomic mass is 79.9. The van der Waals surface area contributed by atoms with Crippen molar-refractivity contribution in [1.82, 2.24) is 9.78 Å². The van der Waals surface area contributed by atoms with Gasteiger partial charge in [-0.05, 0) is 27.8 Å². The molecule has 1 aromatic heterocycles. The molecular formula is C12H10BrN3O3. The van der Waals surface area contributed by atoms with E-state index in [-0.39, 0.29) is 22.6 Å². The number of carbonyl (C=O) groups is 1. The van der Waals surface area contributed by atoms with Gasteiger partial charge in [0.1, 0.15) is 11.0 Å². The van der Waals surface area contributed by atoms with E-state index < -0.39 is 4.92 Å². The first kappa shape index (κ1) is 13.4. The van der Waals surface area contributed by atoms with Crippen LogP contribution < -0.4 is 0 Å². The van der Waals surface area contributed by atoms with E-state index in [1.165, 1.54) is 10.9 Å². The highest BCUT2D eigenvalue weighted by Gasteiger charge is 2.20. The lowest BCUT2D eigenvalue weighted by molar-refractivity contribution is -0.390. The van der Waals surface area contributed by atoms with Gasteiger partial charge in [-0.3, -0.25) is 4.79 Å². The second-order valence-corrected chi connectivity index (χ2v) is 4.90. The number of ketones is 1. The lowest BCUT2D eigenvalue weighted by atomic mass is 10.1. The van der Waals surface area contributed by atoms with Crippen LogP contribution in [0, 0.1) is 17.0 Å². The first-order valence-electron chi connectivity index (χ1n) is 5.44. The third kappa shape index (κ3) is 3.05. The molecule has 19 heavy (non-hydrogen) atoms. The second-order valence-electron chi connectivity index (χ2n) is 4.04. The SMILES string of the molecule is Cc1ccc(C(=O)Cn2cc(Br)c([N+](=O)[O-])n2)cc1. The van der Waals surface area contributed by atoms with Crippen molar-refractivity contribution in [2.75, 3.05) is 0 Å². The molecule has 0 aliphatic heterocycles. The van der Waals surface area contributed by atoms with E-state index in [1.807, 2.05) is 19.1 Å². The monoisotopic (exact) mass is 323 g/mol. The van der Waals surface area contributed by atoms with E-state index >= 15 is 0 Å². The van der Waals surface area contributed by atoms with Gasteiger partial charge in [0.15, 0.2) is 5.78 Å². The number of nitro groups is 1. The Bertz CT molecular complexity index is 634. The molecule has 2 rings (SSSR count). The van der Waals surface area contributed by atoms with E-state index in [1.54, 1.807) is 12.1 Å². The van der Waals surface area contributed by atoms with Crippen molar-refractivity contribution in [3.05, 3.63) is 56.2 Å². The Hall–Kier alpha value is -2.02. The smallest absolute Gasteiger partial charge is 0.358 e. The van der Waals surface area contributed by atoms with Gasteiger partial charge in [0, 0.05) is 5.56 Å². The van der Waals surface area contributed by atoms with E-state index in [2.05, 4.69) is 21.0 Å². The summed E-state index contributed by atoms with van der Waals surface area (Å²) in [6.07, 6.45) is 1.42. The summed E-state index contributed by atoms with van der Waals surface area (Å²) in [7, 11) is 0. The number of Topliss-reactive ketones (excluding diaryl/α,β-unsaturated/α-hetero) is 1. The molecule has 0 N–H and O–H groups in total. The normalized spacial score (nSPS) is 10.4. The first-order valence-corrected chi connectivity index (χ1v) is 6.24. The minimum Gasteiger partial charge on any atom is -0.358 e. The minimum atomic E-state index is -0.600. The number of carbonyl (C=O) groups excluding carboxylic acids is 1. The molecule has 0 saturated carbocycles. The molecule has 1 heterocycles. The molecule has 0 amide bonds. The van der Waals surface area contributed by atoms with Crippen LogP contribution in [0.5, 0.6) is 0 Å². The van der Waals surface area contributed by atoms with Crippen LogP contribution in [-0.2, 0) is 6.54 Å². The Morgan fingerprint density at radius 3 is 2.58 bits per heavy atom. The van der Waals surface area contributed by atoms with E-state index in [0.29, 0.717) is 5.56 Å². The molecule has 0 unspecified atom stereocenters. The number of halogens is 1. The first-order chi connectivity index (χ1) is 8.97. The van der Waals surface area contributed by atoms with Gasteiger partial charge in [0.25, 0.3) is 0 Å². The summed E-state index contributed by atoms with van der Waals surface area (Å²) in [5.74, 6) is -0.443. The number of rotatable bonds is 4. The third-order valence-corrected chi connectivity index (χ3v) is 3.11. The lowest BCUT2D eigenvalue weighted by Crippen LogP contribution is -2.11. The van der Waals surface area contributed by atoms with Crippen molar-refractivity contribution in [2.45, 2.75) is 13.5 Å². The van der Waals surface area contributed by atoms with Crippen molar-refractivity contribution in [1.29, 1.82) is 0 Å². The number of benzene rings is 1. The lowest BCUT2D eigenvalue weighted by Gasteiger charge is -1.99. The largest absolute Gasteiger partial charge is 0.404 e. The number of nitrogens with zero attached hydrogens (tertiary/aromatic N) is 3. The van der Waals surface area contributed by atoms with Gasteiger partial charge in [-0.15, -0.1) is 0 Å². The predicted molar refractivity (Wildman–Crippen MR) is 72.1 cm³/mol. The van der Waals surface area contributed by atoms with E-state index in [0.717, 1.165) is 5.56 Å². The van der Waals surface area contributed by atoms with Gasteiger partial charge in [0.2, 0.25) is 0 Å². The fourth-order valence-electron chi connectivity index (χ4n) is 1.57. The van der Waals surface area contributed by atoms with Gasteiger partial charge >= 0.3 is 5.82 Å². The van der Waals surface area contributed by atoms with Gasteiger partial charge in [-0.1, -0.05) is 29.8 Å². The molecule has 0 aliphatic carbocycles. The summed E-state index contributed by atoms with van der Waals surface area (Å²) in [5, 5.41) is 14.4. The Morgan fingerprint density at radius 2 is 2.05 bits per heavy atom. The van der Waals surface area contributed by atoms with Crippen LogP contribution in [0.4, 0.5) is 5.82 Å². The molecule has 0 bridgehead atoms. The van der Waals surface area contributed by atoms with Crippen LogP contribution in [0.25, 0.3) is 0 Å². The van der Waals surface area contributed by atoms with Crippen LogP contribution in [0.2, 0.25) is 0 Å². The van der Waals surface area contributed by atoms with Crippen LogP contribution in [0.15, 0.2) is 34.9 Å². The van der Waals surface area contributed by atoms with Crippen LogP contribution in [0.1, 0.15) is 15.9 Å². The Kier molecular flexibility index (Phi) is 3.75. The topological polar surface area (TPSA) is 78.0 Å². The molecule has 6 nitrogen and oxygen atoms in total. The molecule has 7 heteroatoms. The zero-order valence-electron chi connectivity index (χ0n) is 10.0. The van der Waals surface area contributed by atoms with Crippen molar-refractivity contribution in [3.63, 3.8) is 0 Å². The maximum absolute atomic E-state index is 12.0. The Balaban J connectivity index is 2.17. The summed E-state index contributed by atoms with van der Waals surface area (Å²) >= 11 is 3.04. The van der Waals surface area contributed by atoms with Gasteiger partial charge in [-0.25, -0.2) is 0 Å². The van der Waals surface area contributed by atoms with E-state index in [4.69, 9.17) is 0 Å². The maximum Gasteiger partial charge on any atom is 0.404 e. The maximum atomic E-state index is 12.0. The summed E-state index contributed by atoms with van der Waals surface area (Å²) in [6, 6.07) is 7.14. The molecule has 0 aliphatic rings. The number of aryl methyl sites for hydroxylation is 1. The Labute approximate surface area is 117 Å². The summed E-state index contributed by atoms with van der Waals surface area (Å²) in [5.41, 5.74) is 1.62. The average molecular weight is 324 g/mol.